The molecule has 0 aromatic heterocycles. The molecule has 0 fully saturated rings. The van der Waals surface area contributed by atoms with Crippen LogP contribution in [0.4, 0.5) is 5.69 Å². The van der Waals surface area contributed by atoms with Gasteiger partial charge in [0.25, 0.3) is 10.0 Å². The number of sulfonamides is 1. The van der Waals surface area contributed by atoms with Crippen LogP contribution in [0.25, 0.3) is 0 Å². The summed E-state index contributed by atoms with van der Waals surface area (Å²) in [6.07, 6.45) is 0. The maximum atomic E-state index is 13.9. The average Bonchev–Trinajstić information content (AvgIpc) is 2.87. The van der Waals surface area contributed by atoms with Gasteiger partial charge in [0, 0.05) is 34.2 Å². The number of aryl methyl sites for hydroxylation is 2. The number of rotatable bonds is 9. The number of hydrogen-bond acceptors (Lipinski definition) is 4. The second kappa shape index (κ2) is 12.4. The predicted octanol–water partition coefficient (Wildman–Crippen LogP) is 5.62. The van der Waals surface area contributed by atoms with Crippen molar-refractivity contribution >= 4 is 62.3 Å². The Morgan fingerprint density at radius 1 is 0.947 bits per heavy atom. The molecule has 0 unspecified atom stereocenters. The third kappa shape index (κ3) is 6.61. The van der Waals surface area contributed by atoms with Crippen LogP contribution in [0.15, 0.2) is 65.6 Å². The lowest BCUT2D eigenvalue weighted by Gasteiger charge is -2.32. The fourth-order valence-electron chi connectivity index (χ4n) is 3.85. The summed E-state index contributed by atoms with van der Waals surface area (Å²) in [6.45, 7) is 4.41. The highest BCUT2D eigenvalue weighted by Crippen LogP contribution is 2.31. The molecular weight excluding hydrogens is 569 g/mol. The molecule has 0 saturated carbocycles. The zero-order chi connectivity index (χ0) is 28.2. The number of benzene rings is 3. The maximum Gasteiger partial charge on any atom is 0.264 e. The van der Waals surface area contributed by atoms with E-state index >= 15 is 0 Å². The first-order valence-electron chi connectivity index (χ1n) is 11.7. The molecule has 0 saturated heterocycles. The van der Waals surface area contributed by atoms with Crippen molar-refractivity contribution < 1.29 is 18.0 Å². The van der Waals surface area contributed by atoms with E-state index in [4.69, 9.17) is 34.8 Å². The third-order valence-corrected chi connectivity index (χ3v) is 8.85. The molecule has 0 aliphatic heterocycles. The van der Waals surface area contributed by atoms with Crippen LogP contribution in [0.5, 0.6) is 0 Å². The lowest BCUT2D eigenvalue weighted by Crippen LogP contribution is -2.50. The Morgan fingerprint density at radius 2 is 1.55 bits per heavy atom. The molecule has 0 spiro atoms. The van der Waals surface area contributed by atoms with Gasteiger partial charge in [-0.05, 0) is 62.7 Å². The van der Waals surface area contributed by atoms with E-state index in [9.17, 15) is 18.0 Å². The number of amides is 2. The highest BCUT2D eigenvalue weighted by molar-refractivity contribution is 7.92. The molecule has 1 N–H and O–H groups in total. The second-order valence-corrected chi connectivity index (χ2v) is 11.9. The quantitative estimate of drug-likeness (QED) is 0.347. The van der Waals surface area contributed by atoms with Crippen molar-refractivity contribution in [1.29, 1.82) is 0 Å². The highest BCUT2D eigenvalue weighted by atomic mass is 35.5. The number of halogens is 3. The Kier molecular flexibility index (Phi) is 9.70. The third-order valence-electron chi connectivity index (χ3n) is 6.13. The van der Waals surface area contributed by atoms with Gasteiger partial charge in [-0.15, -0.1) is 0 Å². The number of nitrogens with one attached hydrogen (secondary N) is 1. The Bertz CT molecular complexity index is 1430. The fraction of sp³-hybridized carbons (Fsp3) is 0.259. The Labute approximate surface area is 238 Å². The molecule has 0 bridgehead atoms. The highest BCUT2D eigenvalue weighted by Gasteiger charge is 2.33. The minimum absolute atomic E-state index is 0.00956. The van der Waals surface area contributed by atoms with Crippen LogP contribution in [0.1, 0.15) is 23.6 Å². The Balaban J connectivity index is 2.11. The van der Waals surface area contributed by atoms with Crippen LogP contribution in [-0.4, -0.2) is 44.8 Å². The molecule has 3 rings (SSSR count). The summed E-state index contributed by atoms with van der Waals surface area (Å²) in [7, 11) is -2.75. The van der Waals surface area contributed by atoms with Crippen molar-refractivity contribution in [3.05, 3.63) is 92.4 Å². The summed E-state index contributed by atoms with van der Waals surface area (Å²) in [6, 6.07) is 15.1. The van der Waals surface area contributed by atoms with Crippen LogP contribution in [0.2, 0.25) is 15.1 Å². The molecule has 0 heterocycles. The van der Waals surface area contributed by atoms with Crippen LogP contribution in [0.3, 0.4) is 0 Å². The van der Waals surface area contributed by atoms with E-state index in [0.717, 1.165) is 9.87 Å². The number of carbonyl (C=O) groups is 2. The molecule has 38 heavy (non-hydrogen) atoms. The molecule has 11 heteroatoms. The molecule has 1 atom stereocenters. The summed E-state index contributed by atoms with van der Waals surface area (Å²) < 4.78 is 28.8. The van der Waals surface area contributed by atoms with Gasteiger partial charge in [0.15, 0.2) is 0 Å². The van der Waals surface area contributed by atoms with Gasteiger partial charge in [-0.1, -0.05) is 64.6 Å². The van der Waals surface area contributed by atoms with Gasteiger partial charge in [0.2, 0.25) is 11.8 Å². The molecular formula is C27H28Cl3N3O4S. The van der Waals surface area contributed by atoms with E-state index in [2.05, 4.69) is 5.32 Å². The molecule has 3 aromatic rings. The SMILES string of the molecule is CNC(=O)[C@@H](C)N(Cc1c(Cl)cccc1Cl)C(=O)CN(c1cc(Cl)ccc1C)S(=O)(=O)c1ccc(C)cc1. The van der Waals surface area contributed by atoms with Gasteiger partial charge in [0.1, 0.15) is 12.6 Å². The number of likely N-dealkylation sites (N-methyl/N-ethyl adjacent to an activating group) is 1. The van der Waals surface area contributed by atoms with Crippen LogP contribution < -0.4 is 9.62 Å². The molecule has 7 nitrogen and oxygen atoms in total. The zero-order valence-corrected chi connectivity index (χ0v) is 24.4. The van der Waals surface area contributed by atoms with Crippen molar-refractivity contribution in [3.63, 3.8) is 0 Å². The Morgan fingerprint density at radius 3 is 2.13 bits per heavy atom. The van der Waals surface area contributed by atoms with E-state index in [1.54, 1.807) is 56.3 Å². The molecule has 0 aliphatic carbocycles. The molecule has 2 amide bonds. The van der Waals surface area contributed by atoms with E-state index < -0.39 is 34.4 Å². The van der Waals surface area contributed by atoms with Crippen LogP contribution >= 0.6 is 34.8 Å². The fourth-order valence-corrected chi connectivity index (χ4v) is 6.00. The minimum Gasteiger partial charge on any atom is -0.357 e. The van der Waals surface area contributed by atoms with Gasteiger partial charge in [-0.25, -0.2) is 8.42 Å². The van der Waals surface area contributed by atoms with E-state index in [-0.39, 0.29) is 17.1 Å². The predicted molar refractivity (Wildman–Crippen MR) is 152 cm³/mol. The van der Waals surface area contributed by atoms with Gasteiger partial charge < -0.3 is 10.2 Å². The minimum atomic E-state index is -4.20. The first-order valence-corrected chi connectivity index (χ1v) is 14.2. The summed E-state index contributed by atoms with van der Waals surface area (Å²) in [5.41, 5.74) is 2.16. The maximum absolute atomic E-state index is 13.9. The largest absolute Gasteiger partial charge is 0.357 e. The molecule has 0 radical (unpaired) electrons. The van der Waals surface area contributed by atoms with E-state index in [0.29, 0.717) is 26.2 Å². The van der Waals surface area contributed by atoms with Gasteiger partial charge in [-0.2, -0.15) is 0 Å². The molecule has 3 aromatic carbocycles. The van der Waals surface area contributed by atoms with Crippen molar-refractivity contribution in [2.24, 2.45) is 0 Å². The standard InChI is InChI=1S/C27H28Cl3N3O4S/c1-17-8-12-21(13-9-17)38(36,37)33(25-14-20(28)11-10-18(25)2)16-26(34)32(19(3)27(35)31-4)15-22-23(29)6-5-7-24(22)30/h5-14,19H,15-16H2,1-4H3,(H,31,35)/t19-/m1/s1. The van der Waals surface area contributed by atoms with Gasteiger partial charge in [-0.3, -0.25) is 13.9 Å². The smallest absolute Gasteiger partial charge is 0.264 e. The Hall–Kier alpha value is -2.78. The van der Waals surface area contributed by atoms with Crippen molar-refractivity contribution in [1.82, 2.24) is 10.2 Å². The summed E-state index contributed by atoms with van der Waals surface area (Å²) in [5.74, 6) is -1.07. The van der Waals surface area contributed by atoms with Gasteiger partial charge >= 0.3 is 0 Å². The van der Waals surface area contributed by atoms with Crippen LogP contribution in [0, 0.1) is 13.8 Å². The zero-order valence-electron chi connectivity index (χ0n) is 21.3. The molecule has 202 valence electrons. The average molecular weight is 597 g/mol. The number of anilines is 1. The van der Waals surface area contributed by atoms with E-state index in [1.165, 1.54) is 30.1 Å². The lowest BCUT2D eigenvalue weighted by molar-refractivity contribution is -0.139. The number of nitrogens with zero attached hydrogens (tertiary/aromatic N) is 2. The van der Waals surface area contributed by atoms with Gasteiger partial charge in [0.05, 0.1) is 10.6 Å². The number of hydrogen-bond donors (Lipinski definition) is 1. The van der Waals surface area contributed by atoms with Crippen molar-refractivity contribution in [2.45, 2.75) is 38.3 Å². The summed E-state index contributed by atoms with van der Waals surface area (Å²) in [5, 5.41) is 3.46. The monoisotopic (exact) mass is 595 g/mol. The lowest BCUT2D eigenvalue weighted by atomic mass is 10.1. The first-order chi connectivity index (χ1) is 17.9. The molecule has 0 aliphatic rings. The van der Waals surface area contributed by atoms with Crippen molar-refractivity contribution in [2.75, 3.05) is 17.9 Å². The normalized spacial score (nSPS) is 12.1. The van der Waals surface area contributed by atoms with Crippen LogP contribution in [-0.2, 0) is 26.2 Å². The first kappa shape index (κ1) is 29.8. The topological polar surface area (TPSA) is 86.8 Å². The number of carbonyl (C=O) groups excluding carboxylic acids is 2. The summed E-state index contributed by atoms with van der Waals surface area (Å²) in [4.78, 5) is 27.7. The van der Waals surface area contributed by atoms with E-state index in [1.807, 2.05) is 6.92 Å². The summed E-state index contributed by atoms with van der Waals surface area (Å²) >= 11 is 18.9. The van der Waals surface area contributed by atoms with Crippen molar-refractivity contribution in [3.8, 4) is 0 Å². The second-order valence-electron chi connectivity index (χ2n) is 8.77.